The first kappa shape index (κ1) is 20.2. The number of carbonyl (C=O) groups is 1. The number of rotatable bonds is 7. The maximum absolute atomic E-state index is 12.8. The highest BCUT2D eigenvalue weighted by Gasteiger charge is 2.31. The number of hydrogen-bond acceptors (Lipinski definition) is 6. The highest BCUT2D eigenvalue weighted by atomic mass is 32.2. The Morgan fingerprint density at radius 2 is 1.82 bits per heavy atom. The van der Waals surface area contributed by atoms with Crippen molar-refractivity contribution in [1.82, 2.24) is 4.90 Å². The van der Waals surface area contributed by atoms with E-state index in [0.29, 0.717) is 33.7 Å². The van der Waals surface area contributed by atoms with Crippen molar-refractivity contribution in [2.75, 3.05) is 27.9 Å². The Kier molecular flexibility index (Phi) is 6.59. The number of nitrogens with zero attached hydrogens (tertiary/aromatic N) is 1. The van der Waals surface area contributed by atoms with Crippen molar-refractivity contribution in [2.24, 2.45) is 0 Å². The summed E-state index contributed by atoms with van der Waals surface area (Å²) in [6.07, 6.45) is 2.51. The lowest BCUT2D eigenvalue weighted by molar-refractivity contribution is -0.122. The Balaban J connectivity index is 1.71. The predicted molar refractivity (Wildman–Crippen MR) is 116 cm³/mol. The van der Waals surface area contributed by atoms with E-state index in [-0.39, 0.29) is 5.91 Å². The van der Waals surface area contributed by atoms with Gasteiger partial charge >= 0.3 is 0 Å². The number of thioether (sulfide) groups is 1. The molecule has 3 rings (SSSR count). The number of amides is 1. The monoisotopic (exact) mass is 415 g/mol. The maximum Gasteiger partial charge on any atom is 0.266 e. The number of benzene rings is 2. The molecular weight excluding hydrogens is 394 g/mol. The van der Waals surface area contributed by atoms with Gasteiger partial charge in [0.1, 0.15) is 10.1 Å². The largest absolute Gasteiger partial charge is 0.497 e. The zero-order valence-corrected chi connectivity index (χ0v) is 17.6. The molecule has 1 fully saturated rings. The number of carbonyl (C=O) groups excluding carboxylic acids is 1. The molecule has 0 N–H and O–H groups in total. The molecule has 0 atom stereocenters. The van der Waals surface area contributed by atoms with E-state index in [1.165, 1.54) is 11.8 Å². The van der Waals surface area contributed by atoms with Gasteiger partial charge < -0.3 is 14.2 Å². The van der Waals surface area contributed by atoms with Crippen LogP contribution < -0.4 is 14.2 Å². The van der Waals surface area contributed by atoms with Gasteiger partial charge in [0.15, 0.2) is 11.5 Å². The van der Waals surface area contributed by atoms with Gasteiger partial charge in [0.2, 0.25) is 0 Å². The molecule has 28 heavy (non-hydrogen) atoms. The lowest BCUT2D eigenvalue weighted by atomic mass is 10.1. The zero-order valence-electron chi connectivity index (χ0n) is 15.9. The number of thiocarbonyl (C=S) groups is 1. The minimum atomic E-state index is -0.0710. The van der Waals surface area contributed by atoms with E-state index in [9.17, 15) is 4.79 Å². The Labute approximate surface area is 174 Å². The van der Waals surface area contributed by atoms with Crippen molar-refractivity contribution < 1.29 is 19.0 Å². The van der Waals surface area contributed by atoms with E-state index < -0.39 is 0 Å². The number of methoxy groups -OCH3 is 3. The number of ether oxygens (including phenoxy) is 3. The Hall–Kier alpha value is -2.51. The summed E-state index contributed by atoms with van der Waals surface area (Å²) in [6, 6.07) is 13.3. The second-order valence-corrected chi connectivity index (χ2v) is 7.73. The summed E-state index contributed by atoms with van der Waals surface area (Å²) >= 11 is 6.74. The van der Waals surface area contributed by atoms with Gasteiger partial charge in [-0.1, -0.05) is 42.2 Å². The van der Waals surface area contributed by atoms with Crippen molar-refractivity contribution in [1.29, 1.82) is 0 Å². The Morgan fingerprint density at radius 1 is 1.04 bits per heavy atom. The first-order valence-corrected chi connectivity index (χ1v) is 9.88. The van der Waals surface area contributed by atoms with Gasteiger partial charge in [0.05, 0.1) is 26.2 Å². The quantitative estimate of drug-likeness (QED) is 0.500. The van der Waals surface area contributed by atoms with Gasteiger partial charge in [0, 0.05) is 6.54 Å². The SMILES string of the molecule is COc1cccc(/C=C2/SC(=S)N(CCc3ccc(OC)c(OC)c3)C2=O)c1. The van der Waals surface area contributed by atoms with Crippen LogP contribution in [0.25, 0.3) is 6.08 Å². The first-order valence-electron chi connectivity index (χ1n) is 8.66. The van der Waals surface area contributed by atoms with Crippen molar-refractivity contribution in [2.45, 2.75) is 6.42 Å². The lowest BCUT2D eigenvalue weighted by Crippen LogP contribution is -2.30. The third-order valence-electron chi connectivity index (χ3n) is 4.34. The molecule has 1 amide bonds. The standard InChI is InChI=1S/C21H21NO4S2/c1-24-16-6-4-5-15(11-16)13-19-20(23)22(21(27)28-19)10-9-14-7-8-17(25-2)18(12-14)26-3/h4-8,11-13H,9-10H2,1-3H3/b19-13+. The van der Waals surface area contributed by atoms with E-state index in [1.54, 1.807) is 26.2 Å². The molecule has 2 aromatic rings. The molecule has 7 heteroatoms. The third kappa shape index (κ3) is 4.48. The average molecular weight is 416 g/mol. The van der Waals surface area contributed by atoms with Crippen LogP contribution in [0.1, 0.15) is 11.1 Å². The summed E-state index contributed by atoms with van der Waals surface area (Å²) in [5.41, 5.74) is 1.95. The summed E-state index contributed by atoms with van der Waals surface area (Å²) in [6.45, 7) is 0.510. The van der Waals surface area contributed by atoms with Crippen LogP contribution in [0.2, 0.25) is 0 Å². The highest BCUT2D eigenvalue weighted by molar-refractivity contribution is 8.26. The zero-order chi connectivity index (χ0) is 20.1. The van der Waals surface area contributed by atoms with Crippen LogP contribution in [0, 0.1) is 0 Å². The normalized spacial score (nSPS) is 15.2. The summed E-state index contributed by atoms with van der Waals surface area (Å²) in [5.74, 6) is 2.03. The van der Waals surface area contributed by atoms with Gasteiger partial charge in [-0.2, -0.15) is 0 Å². The van der Waals surface area contributed by atoms with Crippen molar-refractivity contribution in [3.63, 3.8) is 0 Å². The molecule has 146 valence electrons. The topological polar surface area (TPSA) is 48.0 Å². The molecule has 1 aliphatic heterocycles. The van der Waals surface area contributed by atoms with E-state index in [2.05, 4.69) is 0 Å². The second-order valence-electron chi connectivity index (χ2n) is 6.05. The second kappa shape index (κ2) is 9.12. The molecule has 2 aromatic carbocycles. The van der Waals surface area contributed by atoms with Gasteiger partial charge in [-0.25, -0.2) is 0 Å². The van der Waals surface area contributed by atoms with E-state index in [4.69, 9.17) is 26.4 Å². The van der Waals surface area contributed by atoms with Crippen LogP contribution >= 0.6 is 24.0 Å². The van der Waals surface area contributed by atoms with Crippen LogP contribution in [0.4, 0.5) is 0 Å². The average Bonchev–Trinajstić information content (AvgIpc) is 2.98. The van der Waals surface area contributed by atoms with Gasteiger partial charge in [-0.3, -0.25) is 9.69 Å². The minimum Gasteiger partial charge on any atom is -0.497 e. The van der Waals surface area contributed by atoms with Gasteiger partial charge in [-0.15, -0.1) is 0 Å². The van der Waals surface area contributed by atoms with E-state index >= 15 is 0 Å². The van der Waals surface area contributed by atoms with Crippen molar-refractivity contribution >= 4 is 40.3 Å². The van der Waals surface area contributed by atoms with E-state index in [1.807, 2.05) is 48.5 Å². The third-order valence-corrected chi connectivity index (χ3v) is 5.71. The van der Waals surface area contributed by atoms with Crippen LogP contribution in [0.15, 0.2) is 47.4 Å². The van der Waals surface area contributed by atoms with Crippen molar-refractivity contribution in [3.8, 4) is 17.2 Å². The fourth-order valence-electron chi connectivity index (χ4n) is 2.85. The molecule has 0 radical (unpaired) electrons. The molecule has 0 spiro atoms. The lowest BCUT2D eigenvalue weighted by Gasteiger charge is -2.15. The van der Waals surface area contributed by atoms with E-state index in [0.717, 1.165) is 16.9 Å². The molecule has 1 aliphatic rings. The molecule has 5 nitrogen and oxygen atoms in total. The van der Waals surface area contributed by atoms with Crippen LogP contribution in [-0.4, -0.2) is 43.0 Å². The fraction of sp³-hybridized carbons (Fsp3) is 0.238. The van der Waals surface area contributed by atoms with Gasteiger partial charge in [-0.05, 0) is 47.9 Å². The molecule has 1 saturated heterocycles. The Morgan fingerprint density at radius 3 is 2.54 bits per heavy atom. The number of hydrogen-bond donors (Lipinski definition) is 0. The fourth-order valence-corrected chi connectivity index (χ4v) is 4.16. The van der Waals surface area contributed by atoms with Crippen molar-refractivity contribution in [3.05, 3.63) is 58.5 Å². The van der Waals surface area contributed by atoms with Crippen LogP contribution in [0.5, 0.6) is 17.2 Å². The molecule has 1 heterocycles. The highest BCUT2D eigenvalue weighted by Crippen LogP contribution is 2.33. The smallest absolute Gasteiger partial charge is 0.266 e. The molecule has 0 bridgehead atoms. The molecule has 0 aromatic heterocycles. The molecule has 0 aliphatic carbocycles. The van der Waals surface area contributed by atoms with Gasteiger partial charge in [0.25, 0.3) is 5.91 Å². The first-order chi connectivity index (χ1) is 13.5. The van der Waals surface area contributed by atoms with Crippen LogP contribution in [0.3, 0.4) is 0 Å². The molecule has 0 saturated carbocycles. The molecule has 0 unspecified atom stereocenters. The molecular formula is C21H21NO4S2. The maximum atomic E-state index is 12.8. The predicted octanol–water partition coefficient (Wildman–Crippen LogP) is 4.16. The summed E-state index contributed by atoms with van der Waals surface area (Å²) in [5, 5.41) is 0. The Bertz CT molecular complexity index is 926. The van der Waals surface area contributed by atoms with Crippen LogP contribution in [-0.2, 0) is 11.2 Å². The summed E-state index contributed by atoms with van der Waals surface area (Å²) in [7, 11) is 4.83. The summed E-state index contributed by atoms with van der Waals surface area (Å²) in [4.78, 5) is 15.1. The minimum absolute atomic E-state index is 0.0710. The summed E-state index contributed by atoms with van der Waals surface area (Å²) < 4.78 is 16.4.